The van der Waals surface area contributed by atoms with Crippen molar-refractivity contribution in [3.05, 3.63) is 63.9 Å². The van der Waals surface area contributed by atoms with Crippen LogP contribution >= 0.6 is 35.0 Å². The van der Waals surface area contributed by atoms with Crippen molar-refractivity contribution >= 4 is 46.6 Å². The van der Waals surface area contributed by atoms with Crippen LogP contribution in [0, 0.1) is 6.92 Å². The van der Waals surface area contributed by atoms with Gasteiger partial charge in [0, 0.05) is 23.3 Å². The van der Waals surface area contributed by atoms with E-state index in [1.807, 2.05) is 42.7 Å². The average molecular weight is 451 g/mol. The van der Waals surface area contributed by atoms with Crippen LogP contribution in [0.5, 0.6) is 5.75 Å². The number of hydrogen-bond donors (Lipinski definition) is 1. The number of benzene rings is 2. The van der Waals surface area contributed by atoms with Gasteiger partial charge in [0.05, 0.1) is 10.8 Å². The van der Waals surface area contributed by atoms with Gasteiger partial charge in [0.2, 0.25) is 5.91 Å². The van der Waals surface area contributed by atoms with Gasteiger partial charge in [-0.15, -0.1) is 10.2 Å². The molecule has 0 aliphatic rings. The van der Waals surface area contributed by atoms with Gasteiger partial charge in [-0.05, 0) is 43.7 Å². The van der Waals surface area contributed by atoms with Crippen LogP contribution in [0.15, 0.2) is 47.6 Å². The number of hydrogen-bond acceptors (Lipinski definition) is 5. The van der Waals surface area contributed by atoms with E-state index in [0.717, 1.165) is 11.3 Å². The van der Waals surface area contributed by atoms with E-state index in [2.05, 4.69) is 15.5 Å². The second-order valence-corrected chi connectivity index (χ2v) is 8.00. The minimum absolute atomic E-state index is 0.102. The Morgan fingerprint density at radius 3 is 2.79 bits per heavy atom. The molecule has 2 aromatic carbocycles. The number of halogens is 2. The lowest BCUT2D eigenvalue weighted by molar-refractivity contribution is -0.113. The highest BCUT2D eigenvalue weighted by molar-refractivity contribution is 7.99. The molecular formula is C20H20Cl2N4O2S. The Balaban J connectivity index is 1.60. The molecule has 3 aromatic rings. The Hall–Kier alpha value is -2.22. The third-order valence-electron chi connectivity index (χ3n) is 3.99. The second-order valence-electron chi connectivity index (χ2n) is 6.21. The summed E-state index contributed by atoms with van der Waals surface area (Å²) >= 11 is 13.4. The zero-order valence-electron chi connectivity index (χ0n) is 16.0. The van der Waals surface area contributed by atoms with Crippen molar-refractivity contribution in [1.29, 1.82) is 0 Å². The second kappa shape index (κ2) is 10.0. The Bertz CT molecular complexity index is 1010. The van der Waals surface area contributed by atoms with Crippen LogP contribution in [0.25, 0.3) is 0 Å². The number of rotatable bonds is 8. The molecule has 6 nitrogen and oxygen atoms in total. The Labute approximate surface area is 183 Å². The molecular weight excluding hydrogens is 431 g/mol. The molecule has 0 saturated carbocycles. The number of carbonyl (C=O) groups excluding carboxylic acids is 1. The largest absolute Gasteiger partial charge is 0.484 e. The zero-order valence-corrected chi connectivity index (χ0v) is 18.3. The van der Waals surface area contributed by atoms with Gasteiger partial charge in [-0.1, -0.05) is 47.1 Å². The predicted octanol–water partition coefficient (Wildman–Crippen LogP) is 5.22. The van der Waals surface area contributed by atoms with Gasteiger partial charge < -0.3 is 14.6 Å². The van der Waals surface area contributed by atoms with Crippen LogP contribution in [0.1, 0.15) is 18.3 Å². The van der Waals surface area contributed by atoms with Crippen LogP contribution in [-0.4, -0.2) is 26.4 Å². The highest BCUT2D eigenvalue weighted by atomic mass is 35.5. The van der Waals surface area contributed by atoms with Gasteiger partial charge in [-0.3, -0.25) is 4.79 Å². The summed E-state index contributed by atoms with van der Waals surface area (Å²) in [5.74, 6) is 1.25. The van der Waals surface area contributed by atoms with Crippen molar-refractivity contribution in [2.45, 2.75) is 32.2 Å². The normalized spacial score (nSPS) is 10.8. The molecule has 1 aromatic heterocycles. The summed E-state index contributed by atoms with van der Waals surface area (Å²) in [5.41, 5.74) is 1.87. The van der Waals surface area contributed by atoms with Crippen molar-refractivity contribution < 1.29 is 9.53 Å². The molecule has 152 valence electrons. The number of thioether (sulfide) groups is 1. The number of amides is 1. The van der Waals surface area contributed by atoms with Crippen molar-refractivity contribution in [1.82, 2.24) is 14.8 Å². The van der Waals surface area contributed by atoms with E-state index < -0.39 is 0 Å². The number of nitrogens with zero attached hydrogens (tertiary/aromatic N) is 3. The monoisotopic (exact) mass is 450 g/mol. The molecule has 0 saturated heterocycles. The standard InChI is InChI=1S/C20H20Cl2N4O2S/c1-3-26-18(11-28-17-10-14(21)7-8-16(17)22)24-25-20(26)29-12-19(27)23-15-6-4-5-13(2)9-15/h4-10H,3,11-12H2,1-2H3,(H,23,27). The quantitative estimate of drug-likeness (QED) is 0.476. The van der Waals surface area contributed by atoms with Crippen LogP contribution in [0.3, 0.4) is 0 Å². The van der Waals surface area contributed by atoms with Crippen LogP contribution in [0.4, 0.5) is 5.69 Å². The molecule has 0 bridgehead atoms. The Morgan fingerprint density at radius 1 is 1.21 bits per heavy atom. The number of nitrogens with one attached hydrogen (secondary N) is 1. The van der Waals surface area contributed by atoms with E-state index in [1.165, 1.54) is 11.8 Å². The molecule has 0 radical (unpaired) electrons. The van der Waals surface area contributed by atoms with Gasteiger partial charge in [-0.2, -0.15) is 0 Å². The summed E-state index contributed by atoms with van der Waals surface area (Å²) in [6.07, 6.45) is 0. The number of ether oxygens (including phenoxy) is 1. The van der Waals surface area contributed by atoms with Crippen molar-refractivity contribution in [3.8, 4) is 5.75 Å². The molecule has 0 atom stereocenters. The van der Waals surface area contributed by atoms with Crippen LogP contribution in [-0.2, 0) is 17.9 Å². The maximum atomic E-state index is 12.2. The maximum absolute atomic E-state index is 12.2. The minimum atomic E-state index is -0.102. The van der Waals surface area contributed by atoms with E-state index >= 15 is 0 Å². The summed E-state index contributed by atoms with van der Waals surface area (Å²) in [6.45, 7) is 4.80. The van der Waals surface area contributed by atoms with Gasteiger partial charge in [0.15, 0.2) is 11.0 Å². The Kier molecular flexibility index (Phi) is 7.41. The summed E-state index contributed by atoms with van der Waals surface area (Å²) in [6, 6.07) is 12.7. The lowest BCUT2D eigenvalue weighted by Gasteiger charge is -2.10. The highest BCUT2D eigenvalue weighted by Gasteiger charge is 2.14. The third kappa shape index (κ3) is 5.88. The molecule has 0 aliphatic heterocycles. The fourth-order valence-electron chi connectivity index (χ4n) is 2.63. The first-order valence-corrected chi connectivity index (χ1v) is 10.7. The predicted molar refractivity (Wildman–Crippen MR) is 117 cm³/mol. The Morgan fingerprint density at radius 2 is 2.03 bits per heavy atom. The average Bonchev–Trinajstić information content (AvgIpc) is 3.09. The van der Waals surface area contributed by atoms with E-state index in [0.29, 0.717) is 33.3 Å². The molecule has 0 spiro atoms. The van der Waals surface area contributed by atoms with Gasteiger partial charge in [0.25, 0.3) is 0 Å². The van der Waals surface area contributed by atoms with Gasteiger partial charge >= 0.3 is 0 Å². The van der Waals surface area contributed by atoms with Gasteiger partial charge in [-0.25, -0.2) is 0 Å². The first-order chi connectivity index (χ1) is 14.0. The maximum Gasteiger partial charge on any atom is 0.234 e. The molecule has 0 fully saturated rings. The van der Waals surface area contributed by atoms with Crippen LogP contribution < -0.4 is 10.1 Å². The summed E-state index contributed by atoms with van der Waals surface area (Å²) in [7, 11) is 0. The van der Waals surface area contributed by atoms with Crippen molar-refractivity contribution in [2.24, 2.45) is 0 Å². The highest BCUT2D eigenvalue weighted by Crippen LogP contribution is 2.28. The molecule has 0 aliphatic carbocycles. The molecule has 3 rings (SSSR count). The number of carbonyl (C=O) groups is 1. The van der Waals surface area contributed by atoms with E-state index in [4.69, 9.17) is 27.9 Å². The summed E-state index contributed by atoms with van der Waals surface area (Å²) in [5, 5.41) is 12.9. The van der Waals surface area contributed by atoms with Gasteiger partial charge in [0.1, 0.15) is 12.4 Å². The lowest BCUT2D eigenvalue weighted by Crippen LogP contribution is -2.15. The molecule has 1 heterocycles. The van der Waals surface area contributed by atoms with E-state index in [1.54, 1.807) is 18.2 Å². The van der Waals surface area contributed by atoms with E-state index in [9.17, 15) is 4.79 Å². The molecule has 1 amide bonds. The molecule has 1 N–H and O–H groups in total. The smallest absolute Gasteiger partial charge is 0.234 e. The molecule has 9 heteroatoms. The topological polar surface area (TPSA) is 69.0 Å². The number of anilines is 1. The van der Waals surface area contributed by atoms with Crippen LogP contribution in [0.2, 0.25) is 10.0 Å². The lowest BCUT2D eigenvalue weighted by atomic mass is 10.2. The first-order valence-electron chi connectivity index (χ1n) is 8.95. The number of aryl methyl sites for hydroxylation is 1. The summed E-state index contributed by atoms with van der Waals surface area (Å²) < 4.78 is 7.65. The van der Waals surface area contributed by atoms with Crippen molar-refractivity contribution in [2.75, 3.05) is 11.1 Å². The fourth-order valence-corrected chi connectivity index (χ4v) is 3.79. The molecule has 29 heavy (non-hydrogen) atoms. The SMILES string of the molecule is CCn1c(COc2cc(Cl)ccc2Cl)nnc1SCC(=O)Nc1cccc(C)c1. The van der Waals surface area contributed by atoms with Crippen molar-refractivity contribution in [3.63, 3.8) is 0 Å². The molecule has 0 unspecified atom stereocenters. The zero-order chi connectivity index (χ0) is 20.8. The first kappa shape index (κ1) is 21.5. The fraction of sp³-hybridized carbons (Fsp3) is 0.250. The third-order valence-corrected chi connectivity index (χ3v) is 5.51. The van der Waals surface area contributed by atoms with E-state index in [-0.39, 0.29) is 18.3 Å². The summed E-state index contributed by atoms with van der Waals surface area (Å²) in [4.78, 5) is 12.2. The number of aromatic nitrogens is 3. The minimum Gasteiger partial charge on any atom is -0.484 e.